The molecule has 1 heterocycles. The summed E-state index contributed by atoms with van der Waals surface area (Å²) in [6, 6.07) is 0. The number of carbonyl (C=O) groups excluding carboxylic acids is 1. The lowest BCUT2D eigenvalue weighted by Gasteiger charge is -2.14. The van der Waals surface area contributed by atoms with E-state index < -0.39 is 17.8 Å². The first kappa shape index (κ1) is 13.5. The van der Waals surface area contributed by atoms with Crippen LogP contribution in [0.2, 0.25) is 0 Å². The summed E-state index contributed by atoms with van der Waals surface area (Å²) < 4.78 is 0. The lowest BCUT2D eigenvalue weighted by molar-refractivity contribution is -0.145. The first-order valence-corrected chi connectivity index (χ1v) is 7.88. The van der Waals surface area contributed by atoms with Gasteiger partial charge >= 0.3 is 5.97 Å². The zero-order valence-corrected chi connectivity index (χ0v) is 12.2. The molecule has 1 aromatic rings. The maximum atomic E-state index is 12.3. The molecule has 3 rings (SSSR count). The first-order chi connectivity index (χ1) is 9.54. The molecule has 5 nitrogen and oxygen atoms in total. The third-order valence-electron chi connectivity index (χ3n) is 4.28. The molecule has 1 aromatic heterocycles. The number of carboxylic acid groups (broad SMARTS) is 1. The summed E-state index contributed by atoms with van der Waals surface area (Å²) >= 11 is 1.53. The SMILES string of the molecule is CC1C[C@H](C(=O)Nc2nc3c(s2)CCC3)[C@H](C(=O)O)C1. The van der Waals surface area contributed by atoms with Crippen molar-refractivity contribution in [3.05, 3.63) is 10.6 Å². The number of hydrogen-bond donors (Lipinski definition) is 2. The number of aromatic nitrogens is 1. The van der Waals surface area contributed by atoms with Crippen LogP contribution < -0.4 is 5.32 Å². The van der Waals surface area contributed by atoms with Crippen LogP contribution in [0.1, 0.15) is 36.8 Å². The lowest BCUT2D eigenvalue weighted by Crippen LogP contribution is -2.29. The summed E-state index contributed by atoms with van der Waals surface area (Å²) in [6.45, 7) is 2.00. The fourth-order valence-corrected chi connectivity index (χ4v) is 4.35. The van der Waals surface area contributed by atoms with Gasteiger partial charge in [0.05, 0.1) is 17.5 Å². The van der Waals surface area contributed by atoms with Crippen molar-refractivity contribution >= 4 is 28.3 Å². The normalized spacial score (nSPS) is 28.4. The second kappa shape index (κ2) is 5.16. The van der Waals surface area contributed by atoms with E-state index in [-0.39, 0.29) is 11.8 Å². The minimum atomic E-state index is -0.865. The Morgan fingerprint density at radius 3 is 2.75 bits per heavy atom. The van der Waals surface area contributed by atoms with Crippen LogP contribution in [0.15, 0.2) is 0 Å². The number of rotatable bonds is 3. The van der Waals surface area contributed by atoms with E-state index in [9.17, 15) is 14.7 Å². The number of fused-ring (bicyclic) bond motifs is 1. The minimum absolute atomic E-state index is 0.186. The van der Waals surface area contributed by atoms with E-state index in [4.69, 9.17) is 0 Å². The Morgan fingerprint density at radius 2 is 2.05 bits per heavy atom. The van der Waals surface area contributed by atoms with Gasteiger partial charge < -0.3 is 10.4 Å². The highest BCUT2D eigenvalue weighted by Crippen LogP contribution is 2.38. The van der Waals surface area contributed by atoms with Gasteiger partial charge in [0, 0.05) is 4.88 Å². The van der Waals surface area contributed by atoms with E-state index in [1.54, 1.807) is 0 Å². The molecule has 0 bridgehead atoms. The van der Waals surface area contributed by atoms with Crippen LogP contribution >= 0.6 is 11.3 Å². The third kappa shape index (κ3) is 2.44. The second-order valence-corrected chi connectivity index (χ2v) is 6.94. The number of carboxylic acids is 1. The number of carbonyl (C=O) groups is 2. The minimum Gasteiger partial charge on any atom is -0.481 e. The highest BCUT2D eigenvalue weighted by atomic mass is 32.1. The number of aliphatic carboxylic acids is 1. The number of amides is 1. The van der Waals surface area contributed by atoms with Crippen LogP contribution in [0, 0.1) is 17.8 Å². The zero-order valence-electron chi connectivity index (χ0n) is 11.4. The monoisotopic (exact) mass is 294 g/mol. The van der Waals surface area contributed by atoms with Gasteiger partial charge in [-0.05, 0) is 38.0 Å². The van der Waals surface area contributed by atoms with Crippen molar-refractivity contribution in [2.75, 3.05) is 5.32 Å². The Morgan fingerprint density at radius 1 is 1.30 bits per heavy atom. The molecule has 1 amide bonds. The van der Waals surface area contributed by atoms with E-state index >= 15 is 0 Å². The molecule has 3 atom stereocenters. The van der Waals surface area contributed by atoms with Crippen molar-refractivity contribution in [2.24, 2.45) is 17.8 Å². The molecular formula is C14H18N2O3S. The Hall–Kier alpha value is -1.43. The molecule has 2 aliphatic rings. The van der Waals surface area contributed by atoms with Gasteiger partial charge in [0.25, 0.3) is 0 Å². The predicted molar refractivity (Wildman–Crippen MR) is 75.8 cm³/mol. The number of thiazole rings is 1. The van der Waals surface area contributed by atoms with Crippen molar-refractivity contribution in [3.8, 4) is 0 Å². The maximum Gasteiger partial charge on any atom is 0.307 e. The topological polar surface area (TPSA) is 79.3 Å². The molecule has 2 aliphatic carbocycles. The van der Waals surface area contributed by atoms with Crippen LogP contribution in [0.25, 0.3) is 0 Å². The van der Waals surface area contributed by atoms with E-state index in [1.165, 1.54) is 16.2 Å². The van der Waals surface area contributed by atoms with Crippen molar-refractivity contribution in [2.45, 2.75) is 39.0 Å². The Kier molecular flexibility index (Phi) is 3.50. The van der Waals surface area contributed by atoms with E-state index in [1.807, 2.05) is 6.92 Å². The third-order valence-corrected chi connectivity index (χ3v) is 5.35. The van der Waals surface area contributed by atoms with E-state index in [0.29, 0.717) is 18.0 Å². The average Bonchev–Trinajstić information content (AvgIpc) is 3.02. The molecule has 2 N–H and O–H groups in total. The van der Waals surface area contributed by atoms with Crippen molar-refractivity contribution in [1.82, 2.24) is 4.98 Å². The Labute approximate surface area is 121 Å². The van der Waals surface area contributed by atoms with Gasteiger partial charge in [0.2, 0.25) is 5.91 Å². The van der Waals surface area contributed by atoms with Crippen molar-refractivity contribution in [3.63, 3.8) is 0 Å². The van der Waals surface area contributed by atoms with Gasteiger partial charge in [-0.3, -0.25) is 9.59 Å². The number of nitrogens with zero attached hydrogens (tertiary/aromatic N) is 1. The quantitative estimate of drug-likeness (QED) is 0.896. The predicted octanol–water partition coefficient (Wildman–Crippen LogP) is 2.32. The molecule has 0 aliphatic heterocycles. The molecule has 6 heteroatoms. The molecule has 20 heavy (non-hydrogen) atoms. The molecular weight excluding hydrogens is 276 g/mol. The van der Waals surface area contributed by atoms with Crippen LogP contribution in [0.4, 0.5) is 5.13 Å². The van der Waals surface area contributed by atoms with E-state index in [2.05, 4.69) is 10.3 Å². The van der Waals surface area contributed by atoms with Crippen LogP contribution in [0.3, 0.4) is 0 Å². The summed E-state index contributed by atoms with van der Waals surface area (Å²) in [5, 5.41) is 12.7. The summed E-state index contributed by atoms with van der Waals surface area (Å²) in [7, 11) is 0. The molecule has 1 fully saturated rings. The molecule has 1 saturated carbocycles. The molecule has 1 unspecified atom stereocenters. The second-order valence-electron chi connectivity index (χ2n) is 5.86. The van der Waals surface area contributed by atoms with Gasteiger partial charge in [0.1, 0.15) is 0 Å². The largest absolute Gasteiger partial charge is 0.481 e. The smallest absolute Gasteiger partial charge is 0.307 e. The first-order valence-electron chi connectivity index (χ1n) is 7.07. The van der Waals surface area contributed by atoms with E-state index in [0.717, 1.165) is 25.0 Å². The zero-order chi connectivity index (χ0) is 14.3. The lowest BCUT2D eigenvalue weighted by atomic mass is 9.95. The molecule has 0 spiro atoms. The van der Waals surface area contributed by atoms with Gasteiger partial charge in [0.15, 0.2) is 5.13 Å². The van der Waals surface area contributed by atoms with Crippen LogP contribution in [-0.4, -0.2) is 22.0 Å². The molecule has 0 aromatic carbocycles. The van der Waals surface area contributed by atoms with Crippen molar-refractivity contribution in [1.29, 1.82) is 0 Å². The summed E-state index contributed by atoms with van der Waals surface area (Å²) in [6.07, 6.45) is 4.40. The maximum absolute atomic E-state index is 12.3. The van der Waals surface area contributed by atoms with Crippen LogP contribution in [0.5, 0.6) is 0 Å². The highest BCUT2D eigenvalue weighted by molar-refractivity contribution is 7.15. The number of anilines is 1. The standard InChI is InChI=1S/C14H18N2O3S/c1-7-5-8(9(6-7)13(18)19)12(17)16-14-15-10-3-2-4-11(10)20-14/h7-9H,2-6H2,1H3,(H,18,19)(H,15,16,17)/t7?,8-,9+/m0/s1. The highest BCUT2D eigenvalue weighted by Gasteiger charge is 2.41. The number of aryl methyl sites for hydroxylation is 2. The Balaban J connectivity index is 1.70. The van der Waals surface area contributed by atoms with Gasteiger partial charge in [-0.1, -0.05) is 6.92 Å². The molecule has 0 saturated heterocycles. The summed E-state index contributed by atoms with van der Waals surface area (Å²) in [4.78, 5) is 29.2. The number of hydrogen-bond acceptors (Lipinski definition) is 4. The van der Waals surface area contributed by atoms with Gasteiger partial charge in [-0.2, -0.15) is 0 Å². The summed E-state index contributed by atoms with van der Waals surface area (Å²) in [5.74, 6) is -1.75. The van der Waals surface area contributed by atoms with Gasteiger partial charge in [-0.25, -0.2) is 4.98 Å². The number of nitrogens with one attached hydrogen (secondary N) is 1. The Bertz CT molecular complexity index is 533. The summed E-state index contributed by atoms with van der Waals surface area (Å²) in [5.41, 5.74) is 1.10. The van der Waals surface area contributed by atoms with Crippen molar-refractivity contribution < 1.29 is 14.7 Å². The molecule has 108 valence electrons. The molecule has 0 radical (unpaired) electrons. The fraction of sp³-hybridized carbons (Fsp3) is 0.643. The fourth-order valence-electron chi connectivity index (χ4n) is 3.30. The average molecular weight is 294 g/mol. The van der Waals surface area contributed by atoms with Crippen LogP contribution in [-0.2, 0) is 22.4 Å². The van der Waals surface area contributed by atoms with Gasteiger partial charge in [-0.15, -0.1) is 11.3 Å².